The van der Waals surface area contributed by atoms with E-state index >= 15 is 0 Å². The van der Waals surface area contributed by atoms with Crippen LogP contribution in [-0.4, -0.2) is 36.4 Å². The first-order chi connectivity index (χ1) is 35.6. The summed E-state index contributed by atoms with van der Waals surface area (Å²) in [6, 6.07) is 0. The van der Waals surface area contributed by atoms with Gasteiger partial charge in [0, 0.05) is 12.8 Å². The van der Waals surface area contributed by atoms with E-state index in [1.807, 2.05) is 12.2 Å². The molecule has 0 amide bonds. The summed E-state index contributed by atoms with van der Waals surface area (Å²) in [6.07, 6.45) is 87.6. The zero-order valence-corrected chi connectivity index (χ0v) is 47.7. The quantitative estimate of drug-likeness (QED) is 0.0373. The predicted octanol–water partition coefficient (Wildman–Crippen LogP) is 21.3. The van der Waals surface area contributed by atoms with Crippen molar-refractivity contribution in [1.82, 2.24) is 0 Å². The molecular weight excluding hydrogens is 885 g/mol. The minimum atomic E-state index is -0.816. The lowest BCUT2D eigenvalue weighted by atomic mass is 10.0. The van der Waals surface area contributed by atoms with Gasteiger partial charge in [-0.05, 0) is 77.0 Å². The number of unbranched alkanes of at least 4 members (excludes halogenated alkanes) is 35. The maximum Gasteiger partial charge on any atom is 0.306 e. The van der Waals surface area contributed by atoms with Gasteiger partial charge in [-0.3, -0.25) is 9.59 Å². The Morgan fingerprint density at radius 2 is 0.625 bits per heavy atom. The number of rotatable bonds is 57. The molecule has 0 fully saturated rings. The molecule has 0 radical (unpaired) electrons. The lowest BCUT2D eigenvalue weighted by Gasteiger charge is -2.15. The van der Waals surface area contributed by atoms with E-state index in [9.17, 15) is 14.7 Å². The highest BCUT2D eigenvalue weighted by atomic mass is 16.6. The monoisotopic (exact) mass is 1000 g/mol. The maximum absolute atomic E-state index is 12.2. The van der Waals surface area contributed by atoms with Crippen LogP contribution in [0.1, 0.15) is 309 Å². The van der Waals surface area contributed by atoms with E-state index in [0.717, 1.165) is 57.8 Å². The molecule has 416 valence electrons. The van der Waals surface area contributed by atoms with Crippen LogP contribution in [0.2, 0.25) is 0 Å². The van der Waals surface area contributed by atoms with Gasteiger partial charge in [0.05, 0.1) is 6.61 Å². The SMILES string of the molecule is CC/C=C\C/C=C\C/C=C\C/C=C\C/C=C\C/C=C\CCC(=O)OC(CO)COC(=O)CCCCCCCCCCCCCCCCCCCCCCCCCCCCC/C=C\CCCCCCCCCC. The van der Waals surface area contributed by atoms with Crippen LogP contribution in [0.5, 0.6) is 0 Å². The molecule has 0 aliphatic carbocycles. The van der Waals surface area contributed by atoms with Crippen LogP contribution < -0.4 is 0 Å². The molecule has 0 aliphatic rings. The van der Waals surface area contributed by atoms with E-state index < -0.39 is 12.1 Å². The summed E-state index contributed by atoms with van der Waals surface area (Å²) in [5.41, 5.74) is 0. The summed E-state index contributed by atoms with van der Waals surface area (Å²) in [7, 11) is 0. The normalized spacial score (nSPS) is 12.8. The van der Waals surface area contributed by atoms with E-state index in [-0.39, 0.29) is 25.6 Å². The smallest absolute Gasteiger partial charge is 0.306 e. The third kappa shape index (κ3) is 59.6. The van der Waals surface area contributed by atoms with E-state index in [1.54, 1.807) is 0 Å². The van der Waals surface area contributed by atoms with Crippen molar-refractivity contribution in [2.75, 3.05) is 13.2 Å². The zero-order valence-electron chi connectivity index (χ0n) is 47.7. The van der Waals surface area contributed by atoms with Crippen molar-refractivity contribution in [3.05, 3.63) is 85.1 Å². The fourth-order valence-corrected chi connectivity index (χ4v) is 9.05. The average Bonchev–Trinajstić information content (AvgIpc) is 3.38. The summed E-state index contributed by atoms with van der Waals surface area (Å²) < 4.78 is 10.6. The Kier molecular flexibility index (Phi) is 59.8. The summed E-state index contributed by atoms with van der Waals surface area (Å²) in [4.78, 5) is 24.5. The van der Waals surface area contributed by atoms with Crippen LogP contribution in [0.3, 0.4) is 0 Å². The van der Waals surface area contributed by atoms with E-state index in [0.29, 0.717) is 12.8 Å². The van der Waals surface area contributed by atoms with Gasteiger partial charge in [0.1, 0.15) is 6.61 Å². The van der Waals surface area contributed by atoms with Crippen molar-refractivity contribution in [1.29, 1.82) is 0 Å². The van der Waals surface area contributed by atoms with Gasteiger partial charge in [-0.25, -0.2) is 0 Å². The third-order valence-electron chi connectivity index (χ3n) is 13.7. The predicted molar refractivity (Wildman–Crippen MR) is 316 cm³/mol. The molecule has 0 aromatic carbocycles. The van der Waals surface area contributed by atoms with E-state index in [4.69, 9.17) is 9.47 Å². The second kappa shape index (κ2) is 62.4. The number of aliphatic hydroxyl groups excluding tert-OH is 1. The topological polar surface area (TPSA) is 72.8 Å². The van der Waals surface area contributed by atoms with Crippen molar-refractivity contribution in [2.45, 2.75) is 315 Å². The molecule has 0 aromatic rings. The average molecular weight is 1000 g/mol. The summed E-state index contributed by atoms with van der Waals surface area (Å²) in [5, 5.41) is 9.63. The molecule has 0 rings (SSSR count). The summed E-state index contributed by atoms with van der Waals surface area (Å²) in [6.45, 7) is 3.99. The second-order valence-corrected chi connectivity index (χ2v) is 20.8. The molecule has 0 saturated heterocycles. The maximum atomic E-state index is 12.2. The van der Waals surface area contributed by atoms with E-state index in [1.165, 1.54) is 218 Å². The standard InChI is InChI=1S/C67H118O5/c1-3-5-7-9-11-13-15-17-19-21-23-24-25-26-27-28-29-30-31-32-33-34-35-36-37-38-39-40-41-42-44-45-47-49-51-53-55-57-59-61-66(69)71-64-65(63-68)72-67(70)62-60-58-56-54-52-50-48-46-43-22-20-18-16-14-12-10-8-6-4-2/h6,8,12,14,18,20-21,23,43,46,50,52,56,58,65,68H,3-5,7,9-11,13,15-17,19,22,24-42,44-45,47-49,51,53-55,57,59-64H2,1-2H3/b8-6-,14-12-,20-18-,23-21-,46-43-,52-50-,58-56-. The molecule has 1 N–H and O–H groups in total. The number of esters is 2. The van der Waals surface area contributed by atoms with Crippen LogP contribution in [0, 0.1) is 0 Å². The van der Waals surface area contributed by atoms with Gasteiger partial charge in [0.15, 0.2) is 6.10 Å². The zero-order chi connectivity index (χ0) is 52.0. The number of allylic oxidation sites excluding steroid dienone is 14. The minimum Gasteiger partial charge on any atom is -0.462 e. The first-order valence-electron chi connectivity index (χ1n) is 31.1. The van der Waals surface area contributed by atoms with Crippen LogP contribution in [0.15, 0.2) is 85.1 Å². The molecule has 0 spiro atoms. The van der Waals surface area contributed by atoms with Gasteiger partial charge in [-0.1, -0.05) is 304 Å². The number of ether oxygens (including phenoxy) is 2. The second-order valence-electron chi connectivity index (χ2n) is 20.8. The fourth-order valence-electron chi connectivity index (χ4n) is 9.05. The van der Waals surface area contributed by atoms with Crippen LogP contribution >= 0.6 is 0 Å². The van der Waals surface area contributed by atoms with Crippen molar-refractivity contribution in [3.63, 3.8) is 0 Å². The lowest BCUT2D eigenvalue weighted by Crippen LogP contribution is -2.28. The Hall–Kier alpha value is -2.92. The van der Waals surface area contributed by atoms with Crippen LogP contribution in [-0.2, 0) is 19.1 Å². The number of carbonyl (C=O) groups excluding carboxylic acids is 2. The molecule has 1 atom stereocenters. The number of hydrogen-bond acceptors (Lipinski definition) is 5. The van der Waals surface area contributed by atoms with Gasteiger partial charge in [0.25, 0.3) is 0 Å². The molecule has 0 aromatic heterocycles. The number of carbonyl (C=O) groups is 2. The van der Waals surface area contributed by atoms with Crippen molar-refractivity contribution < 1.29 is 24.2 Å². The lowest BCUT2D eigenvalue weighted by molar-refractivity contribution is -0.161. The van der Waals surface area contributed by atoms with Gasteiger partial charge in [-0.15, -0.1) is 0 Å². The van der Waals surface area contributed by atoms with Gasteiger partial charge >= 0.3 is 11.9 Å². The molecule has 5 heteroatoms. The number of hydrogen-bond donors (Lipinski definition) is 1. The van der Waals surface area contributed by atoms with Gasteiger partial charge in [0.2, 0.25) is 0 Å². The largest absolute Gasteiger partial charge is 0.462 e. The molecule has 0 aliphatic heterocycles. The molecule has 1 unspecified atom stereocenters. The Balaban J connectivity index is 3.44. The van der Waals surface area contributed by atoms with Gasteiger partial charge in [-0.2, -0.15) is 0 Å². The Labute approximate surface area is 447 Å². The highest BCUT2D eigenvalue weighted by molar-refractivity contribution is 5.70. The Bertz CT molecular complexity index is 1320. The minimum absolute atomic E-state index is 0.0974. The van der Waals surface area contributed by atoms with Gasteiger partial charge < -0.3 is 14.6 Å². The molecule has 5 nitrogen and oxygen atoms in total. The first-order valence-corrected chi connectivity index (χ1v) is 31.1. The van der Waals surface area contributed by atoms with E-state index in [2.05, 4.69) is 86.8 Å². The Morgan fingerprint density at radius 3 is 0.958 bits per heavy atom. The van der Waals surface area contributed by atoms with Crippen LogP contribution in [0.4, 0.5) is 0 Å². The highest BCUT2D eigenvalue weighted by Gasteiger charge is 2.16. The first kappa shape index (κ1) is 69.1. The molecular formula is C67H118O5. The molecule has 0 saturated carbocycles. The Morgan fingerprint density at radius 1 is 0.333 bits per heavy atom. The van der Waals surface area contributed by atoms with Crippen LogP contribution in [0.25, 0.3) is 0 Å². The molecule has 0 bridgehead atoms. The summed E-state index contributed by atoms with van der Waals surface area (Å²) in [5.74, 6) is -0.682. The van der Waals surface area contributed by atoms with Crippen molar-refractivity contribution in [3.8, 4) is 0 Å². The fraction of sp³-hybridized carbons (Fsp3) is 0.761. The number of aliphatic hydroxyl groups is 1. The highest BCUT2D eigenvalue weighted by Crippen LogP contribution is 2.17. The van der Waals surface area contributed by atoms with Crippen molar-refractivity contribution in [2.24, 2.45) is 0 Å². The summed E-state index contributed by atoms with van der Waals surface area (Å²) >= 11 is 0. The molecule has 0 heterocycles. The van der Waals surface area contributed by atoms with Crippen molar-refractivity contribution >= 4 is 11.9 Å². The molecule has 72 heavy (non-hydrogen) atoms. The third-order valence-corrected chi connectivity index (χ3v) is 13.7.